The Morgan fingerprint density at radius 2 is 2.11 bits per heavy atom. The summed E-state index contributed by atoms with van der Waals surface area (Å²) in [5.41, 5.74) is 1.05. The Bertz CT molecular complexity index is 521. The Labute approximate surface area is 121 Å². The van der Waals surface area contributed by atoms with Crippen LogP contribution >= 0.6 is 15.9 Å². The molecule has 0 unspecified atom stereocenters. The predicted octanol–water partition coefficient (Wildman–Crippen LogP) is 1.69. The number of benzene rings is 1. The van der Waals surface area contributed by atoms with Crippen molar-refractivity contribution in [3.8, 4) is 22.6 Å². The van der Waals surface area contributed by atoms with Gasteiger partial charge in [-0.25, -0.2) is 0 Å². The number of aliphatic hydroxyl groups excluding tert-OH is 1. The number of aliphatic hydroxyl groups is 1. The second kappa shape index (κ2) is 7.33. The van der Waals surface area contributed by atoms with Gasteiger partial charge in [-0.05, 0) is 22.2 Å². The van der Waals surface area contributed by atoms with Crippen molar-refractivity contribution < 1.29 is 14.6 Å². The van der Waals surface area contributed by atoms with Gasteiger partial charge in [0.15, 0.2) is 0 Å². The van der Waals surface area contributed by atoms with E-state index in [1.54, 1.807) is 0 Å². The van der Waals surface area contributed by atoms with E-state index >= 15 is 0 Å². The smallest absolute Gasteiger partial charge is 0.148 e. The Kier molecular flexibility index (Phi) is 5.44. The molecule has 98 valence electrons. The van der Waals surface area contributed by atoms with E-state index in [0.717, 1.165) is 5.56 Å². The maximum Gasteiger partial charge on any atom is 0.148 e. The summed E-state index contributed by atoms with van der Waals surface area (Å²) in [6, 6.07) is 9.79. The second-order valence-corrected chi connectivity index (χ2v) is 4.47. The monoisotopic (exact) mass is 320 g/mol. The van der Waals surface area contributed by atoms with Gasteiger partial charge in [0.05, 0.1) is 13.2 Å². The van der Waals surface area contributed by atoms with E-state index in [4.69, 9.17) is 9.47 Å². The molecule has 1 aliphatic heterocycles. The highest BCUT2D eigenvalue weighted by molar-refractivity contribution is 9.12. The first-order valence-electron chi connectivity index (χ1n) is 5.87. The zero-order chi connectivity index (χ0) is 13.5. The Morgan fingerprint density at radius 3 is 2.84 bits per heavy atom. The molecule has 4 heteroatoms. The minimum Gasteiger partial charge on any atom is -0.388 e. The molecule has 0 amide bonds. The maximum absolute atomic E-state index is 9.83. The molecule has 3 atom stereocenters. The molecule has 3 nitrogen and oxygen atoms in total. The summed E-state index contributed by atoms with van der Waals surface area (Å²) in [4.78, 5) is 2.51. The van der Waals surface area contributed by atoms with Crippen LogP contribution in [0.1, 0.15) is 5.56 Å². The number of halogens is 1. The Hall–Kier alpha value is -1.30. The molecule has 0 radical (unpaired) electrons. The van der Waals surface area contributed by atoms with Crippen LogP contribution in [0.25, 0.3) is 0 Å². The first-order chi connectivity index (χ1) is 9.31. The molecule has 1 fully saturated rings. The largest absolute Gasteiger partial charge is 0.388 e. The van der Waals surface area contributed by atoms with E-state index in [0.29, 0.717) is 6.61 Å². The molecule has 1 aromatic rings. The lowest BCUT2D eigenvalue weighted by Crippen LogP contribution is -2.32. The van der Waals surface area contributed by atoms with Gasteiger partial charge in [0.25, 0.3) is 0 Å². The Morgan fingerprint density at radius 1 is 1.32 bits per heavy atom. The first kappa shape index (κ1) is 14.1. The summed E-state index contributed by atoms with van der Waals surface area (Å²) >= 11 is 2.96. The van der Waals surface area contributed by atoms with Crippen LogP contribution in [-0.2, 0) is 16.1 Å². The minimum atomic E-state index is -0.653. The fourth-order valence-corrected chi connectivity index (χ4v) is 1.91. The number of hydrogen-bond donors (Lipinski definition) is 1. The van der Waals surface area contributed by atoms with Gasteiger partial charge in [0.1, 0.15) is 18.3 Å². The van der Waals surface area contributed by atoms with Crippen molar-refractivity contribution >= 4 is 15.9 Å². The summed E-state index contributed by atoms with van der Waals surface area (Å²) in [7, 11) is 0. The van der Waals surface area contributed by atoms with Crippen molar-refractivity contribution in [2.75, 3.05) is 6.61 Å². The SMILES string of the molecule is O[C@@H]1CO[C@@H](C#CC#CBr)[C@H]1OCc1ccccc1. The average molecular weight is 321 g/mol. The van der Waals surface area contributed by atoms with Gasteiger partial charge in [-0.3, -0.25) is 0 Å². The number of hydrogen-bond acceptors (Lipinski definition) is 3. The van der Waals surface area contributed by atoms with Crippen molar-refractivity contribution in [1.82, 2.24) is 0 Å². The van der Waals surface area contributed by atoms with Crippen LogP contribution in [0.4, 0.5) is 0 Å². The van der Waals surface area contributed by atoms with Gasteiger partial charge < -0.3 is 14.6 Å². The third-order valence-electron chi connectivity index (χ3n) is 2.73. The second-order valence-electron chi connectivity index (χ2n) is 4.07. The molecule has 1 saturated heterocycles. The van der Waals surface area contributed by atoms with Crippen molar-refractivity contribution in [2.45, 2.75) is 24.9 Å². The Balaban J connectivity index is 1.96. The molecule has 0 aromatic heterocycles. The highest BCUT2D eigenvalue weighted by atomic mass is 79.9. The summed E-state index contributed by atoms with van der Waals surface area (Å²) < 4.78 is 11.1. The third kappa shape index (κ3) is 4.09. The zero-order valence-corrected chi connectivity index (χ0v) is 11.8. The fraction of sp³-hybridized carbons (Fsp3) is 0.333. The highest BCUT2D eigenvalue weighted by Gasteiger charge is 2.36. The van der Waals surface area contributed by atoms with Gasteiger partial charge in [0.2, 0.25) is 0 Å². The van der Waals surface area contributed by atoms with Crippen molar-refractivity contribution in [3.63, 3.8) is 0 Å². The number of ether oxygens (including phenoxy) is 2. The van der Waals surface area contributed by atoms with Crippen molar-refractivity contribution in [1.29, 1.82) is 0 Å². The normalized spacial score (nSPS) is 25.1. The molecule has 2 rings (SSSR count). The van der Waals surface area contributed by atoms with Crippen molar-refractivity contribution in [2.24, 2.45) is 0 Å². The van der Waals surface area contributed by atoms with Gasteiger partial charge in [-0.1, -0.05) is 36.3 Å². The van der Waals surface area contributed by atoms with Crippen molar-refractivity contribution in [3.05, 3.63) is 35.9 Å². The van der Waals surface area contributed by atoms with Crippen LogP contribution in [0.5, 0.6) is 0 Å². The maximum atomic E-state index is 9.83. The molecule has 1 N–H and O–H groups in total. The van der Waals surface area contributed by atoms with Crippen LogP contribution in [-0.4, -0.2) is 30.0 Å². The summed E-state index contributed by atoms with van der Waals surface area (Å²) in [5.74, 6) is 8.06. The van der Waals surface area contributed by atoms with E-state index in [9.17, 15) is 5.11 Å². The lowest BCUT2D eigenvalue weighted by Gasteiger charge is -2.17. The van der Waals surface area contributed by atoms with Crippen LogP contribution in [0, 0.1) is 22.6 Å². The fourth-order valence-electron chi connectivity index (χ4n) is 1.81. The summed E-state index contributed by atoms with van der Waals surface area (Å²) in [5, 5.41) is 9.83. The first-order valence-corrected chi connectivity index (χ1v) is 6.67. The molecule has 0 bridgehead atoms. The van der Waals surface area contributed by atoms with Crippen LogP contribution in [0.15, 0.2) is 30.3 Å². The zero-order valence-electron chi connectivity index (χ0n) is 10.2. The van der Waals surface area contributed by atoms with Gasteiger partial charge in [0, 0.05) is 15.9 Å². The molecule has 1 heterocycles. The molecule has 0 spiro atoms. The average Bonchev–Trinajstić information content (AvgIpc) is 2.79. The number of rotatable bonds is 3. The van der Waals surface area contributed by atoms with Crippen LogP contribution in [0.3, 0.4) is 0 Å². The molecule has 1 aliphatic rings. The highest BCUT2D eigenvalue weighted by Crippen LogP contribution is 2.19. The van der Waals surface area contributed by atoms with Crippen LogP contribution < -0.4 is 0 Å². The molecule has 0 aliphatic carbocycles. The summed E-state index contributed by atoms with van der Waals surface area (Å²) in [6.07, 6.45) is -1.53. The molecular weight excluding hydrogens is 308 g/mol. The molecule has 19 heavy (non-hydrogen) atoms. The van der Waals surface area contributed by atoms with Gasteiger partial charge in [-0.15, -0.1) is 0 Å². The molecular formula is C15H13BrO3. The van der Waals surface area contributed by atoms with E-state index in [1.807, 2.05) is 30.3 Å². The van der Waals surface area contributed by atoms with Gasteiger partial charge in [-0.2, -0.15) is 0 Å². The van der Waals surface area contributed by atoms with Gasteiger partial charge >= 0.3 is 0 Å². The van der Waals surface area contributed by atoms with E-state index < -0.39 is 18.3 Å². The lowest BCUT2D eigenvalue weighted by atomic mass is 10.1. The predicted molar refractivity (Wildman–Crippen MR) is 75.2 cm³/mol. The minimum absolute atomic E-state index is 0.237. The van der Waals surface area contributed by atoms with E-state index in [2.05, 4.69) is 38.5 Å². The third-order valence-corrected chi connectivity index (χ3v) is 2.93. The lowest BCUT2D eigenvalue weighted by molar-refractivity contribution is -0.0317. The summed E-state index contributed by atoms with van der Waals surface area (Å²) in [6.45, 7) is 0.661. The van der Waals surface area contributed by atoms with Crippen LogP contribution in [0.2, 0.25) is 0 Å². The van der Waals surface area contributed by atoms with E-state index in [-0.39, 0.29) is 6.61 Å². The molecule has 1 aromatic carbocycles. The topological polar surface area (TPSA) is 38.7 Å². The standard InChI is InChI=1S/C15H13BrO3/c16-9-5-4-8-14-15(13(17)11-18-14)19-10-12-6-2-1-3-7-12/h1-3,6-7,13-15,17H,10-11H2/t13-,14+,15+/m1/s1. The quantitative estimate of drug-likeness (QED) is 0.861. The van der Waals surface area contributed by atoms with E-state index in [1.165, 1.54) is 0 Å². The molecule has 0 saturated carbocycles.